The van der Waals surface area contributed by atoms with Gasteiger partial charge in [-0.1, -0.05) is 0 Å². The summed E-state index contributed by atoms with van der Waals surface area (Å²) in [6, 6.07) is 0.939. The molecule has 3 aliphatic heterocycles. The number of nitrogens with one attached hydrogen (secondary N) is 1. The Kier molecular flexibility index (Phi) is 8.16. The first-order valence-corrected chi connectivity index (χ1v) is 10.2. The van der Waals surface area contributed by atoms with Crippen molar-refractivity contribution in [1.82, 2.24) is 20.1 Å². The zero-order valence-corrected chi connectivity index (χ0v) is 17.8. The summed E-state index contributed by atoms with van der Waals surface area (Å²) in [5.74, 6) is 0.676. The van der Waals surface area contributed by atoms with Crippen LogP contribution in [0.3, 0.4) is 0 Å². The standard InChI is InChI=1S/C18H28N4OS.2ClH/c1-13-20-15(12-24-13)11-21-8-5-14(6-9-21)18(23)22-16-2-3-17(22)10-19-7-4-16;;/h12,14,16-17,19H,2-11H2,1H3;2*1H. The SMILES string of the molecule is Cc1nc(CN2CCC(C(=O)N3C4CCNCC3CC4)CC2)cs1.Cl.Cl. The van der Waals surface area contributed by atoms with Crippen molar-refractivity contribution >= 4 is 42.1 Å². The van der Waals surface area contributed by atoms with E-state index < -0.39 is 0 Å². The minimum atomic E-state index is 0. The number of hydrogen-bond acceptors (Lipinski definition) is 5. The van der Waals surface area contributed by atoms with E-state index in [2.05, 4.69) is 32.4 Å². The molecule has 2 bridgehead atoms. The summed E-state index contributed by atoms with van der Waals surface area (Å²) in [5, 5.41) is 6.80. The second kappa shape index (κ2) is 9.69. The number of hydrogen-bond donors (Lipinski definition) is 1. The lowest BCUT2D eigenvalue weighted by atomic mass is 9.94. The molecule has 0 saturated carbocycles. The Labute approximate surface area is 172 Å². The first kappa shape index (κ1) is 21.9. The molecular formula is C18H30Cl2N4OS. The highest BCUT2D eigenvalue weighted by Gasteiger charge is 2.40. The summed E-state index contributed by atoms with van der Waals surface area (Å²) in [6.07, 6.45) is 5.53. The molecule has 2 atom stereocenters. The number of rotatable bonds is 3. The summed E-state index contributed by atoms with van der Waals surface area (Å²) in [5.41, 5.74) is 1.18. The Bertz CT molecular complexity index is 578. The molecule has 26 heavy (non-hydrogen) atoms. The van der Waals surface area contributed by atoms with E-state index in [1.807, 2.05) is 0 Å². The van der Waals surface area contributed by atoms with Crippen LogP contribution in [0, 0.1) is 12.8 Å². The van der Waals surface area contributed by atoms with Gasteiger partial charge in [0, 0.05) is 36.5 Å². The van der Waals surface area contributed by atoms with E-state index in [4.69, 9.17) is 0 Å². The van der Waals surface area contributed by atoms with Crippen LogP contribution >= 0.6 is 36.2 Å². The van der Waals surface area contributed by atoms with Crippen molar-refractivity contribution < 1.29 is 4.79 Å². The number of carbonyl (C=O) groups is 1. The zero-order chi connectivity index (χ0) is 16.5. The van der Waals surface area contributed by atoms with E-state index in [1.54, 1.807) is 11.3 Å². The van der Waals surface area contributed by atoms with E-state index in [9.17, 15) is 4.79 Å². The first-order chi connectivity index (χ1) is 11.7. The fourth-order valence-electron chi connectivity index (χ4n) is 4.60. The Balaban J connectivity index is 0.00000121. The monoisotopic (exact) mass is 420 g/mol. The predicted octanol–water partition coefficient (Wildman–Crippen LogP) is 2.86. The number of amides is 1. The average Bonchev–Trinajstić information content (AvgIpc) is 3.09. The van der Waals surface area contributed by atoms with Crippen molar-refractivity contribution in [2.45, 2.75) is 57.7 Å². The van der Waals surface area contributed by atoms with Crippen molar-refractivity contribution in [1.29, 1.82) is 0 Å². The van der Waals surface area contributed by atoms with Gasteiger partial charge in [-0.2, -0.15) is 0 Å². The van der Waals surface area contributed by atoms with Gasteiger partial charge < -0.3 is 10.2 Å². The van der Waals surface area contributed by atoms with Crippen molar-refractivity contribution in [3.05, 3.63) is 16.1 Å². The molecular weight excluding hydrogens is 391 g/mol. The van der Waals surface area contributed by atoms with Gasteiger partial charge in [0.15, 0.2) is 0 Å². The first-order valence-electron chi connectivity index (χ1n) is 9.37. The third-order valence-electron chi connectivity index (χ3n) is 5.90. The van der Waals surface area contributed by atoms with Gasteiger partial charge in [0.1, 0.15) is 0 Å². The Morgan fingerprint density at radius 1 is 1.19 bits per heavy atom. The van der Waals surface area contributed by atoms with Crippen LogP contribution in [0.15, 0.2) is 5.38 Å². The molecule has 4 heterocycles. The number of nitrogens with zero attached hydrogens (tertiary/aromatic N) is 3. The van der Waals surface area contributed by atoms with Gasteiger partial charge in [0.05, 0.1) is 10.7 Å². The molecule has 1 aromatic rings. The summed E-state index contributed by atoms with van der Waals surface area (Å²) < 4.78 is 0. The second-order valence-electron chi connectivity index (χ2n) is 7.53. The summed E-state index contributed by atoms with van der Waals surface area (Å²) in [6.45, 7) is 7.09. The third kappa shape index (κ3) is 4.71. The molecule has 3 aliphatic rings. The molecule has 5 nitrogen and oxygen atoms in total. The third-order valence-corrected chi connectivity index (χ3v) is 6.72. The highest BCUT2D eigenvalue weighted by atomic mass is 35.5. The highest BCUT2D eigenvalue weighted by Crippen LogP contribution is 2.32. The molecule has 2 unspecified atom stereocenters. The number of likely N-dealkylation sites (tertiary alicyclic amines) is 1. The molecule has 4 rings (SSSR count). The number of fused-ring (bicyclic) bond motifs is 2. The molecule has 0 spiro atoms. The molecule has 3 fully saturated rings. The van der Waals surface area contributed by atoms with Crippen LogP contribution < -0.4 is 5.32 Å². The van der Waals surface area contributed by atoms with Crippen molar-refractivity contribution in [2.24, 2.45) is 5.92 Å². The van der Waals surface area contributed by atoms with Gasteiger partial charge in [0.2, 0.25) is 5.91 Å². The number of halogens is 2. The fraction of sp³-hybridized carbons (Fsp3) is 0.778. The van der Waals surface area contributed by atoms with Crippen LogP contribution in [0.5, 0.6) is 0 Å². The van der Waals surface area contributed by atoms with Crippen LogP contribution in [0.25, 0.3) is 0 Å². The Morgan fingerprint density at radius 3 is 2.62 bits per heavy atom. The number of carbonyl (C=O) groups excluding carboxylic acids is 1. The van der Waals surface area contributed by atoms with Crippen LogP contribution in [0.4, 0.5) is 0 Å². The summed E-state index contributed by atoms with van der Waals surface area (Å²) in [4.78, 5) is 22.4. The maximum absolute atomic E-state index is 13.1. The molecule has 148 valence electrons. The van der Waals surface area contributed by atoms with E-state index in [0.717, 1.165) is 57.0 Å². The minimum Gasteiger partial charge on any atom is -0.335 e. The van der Waals surface area contributed by atoms with Crippen molar-refractivity contribution in [3.63, 3.8) is 0 Å². The maximum Gasteiger partial charge on any atom is 0.226 e. The predicted molar refractivity (Wildman–Crippen MR) is 110 cm³/mol. The Morgan fingerprint density at radius 2 is 1.92 bits per heavy atom. The lowest BCUT2D eigenvalue weighted by Crippen LogP contribution is -2.48. The Hall–Kier alpha value is -0.400. The highest BCUT2D eigenvalue weighted by molar-refractivity contribution is 7.09. The van der Waals surface area contributed by atoms with E-state index in [1.165, 1.54) is 18.5 Å². The van der Waals surface area contributed by atoms with Crippen LogP contribution in [0.1, 0.15) is 42.8 Å². The maximum atomic E-state index is 13.1. The quantitative estimate of drug-likeness (QED) is 0.816. The fourth-order valence-corrected chi connectivity index (χ4v) is 5.20. The molecule has 1 N–H and O–H groups in total. The number of thiazole rings is 1. The van der Waals surface area contributed by atoms with Gasteiger partial charge in [-0.25, -0.2) is 4.98 Å². The lowest BCUT2D eigenvalue weighted by molar-refractivity contribution is -0.139. The summed E-state index contributed by atoms with van der Waals surface area (Å²) in [7, 11) is 0. The normalized spacial score (nSPS) is 26.7. The molecule has 0 radical (unpaired) electrons. The van der Waals surface area contributed by atoms with Gasteiger partial charge in [-0.05, 0) is 58.7 Å². The molecule has 1 amide bonds. The van der Waals surface area contributed by atoms with E-state index in [0.29, 0.717) is 18.0 Å². The topological polar surface area (TPSA) is 48.5 Å². The number of piperidine rings is 1. The van der Waals surface area contributed by atoms with Crippen molar-refractivity contribution in [3.8, 4) is 0 Å². The van der Waals surface area contributed by atoms with Gasteiger partial charge in [-0.3, -0.25) is 9.69 Å². The van der Waals surface area contributed by atoms with E-state index in [-0.39, 0.29) is 30.7 Å². The summed E-state index contributed by atoms with van der Waals surface area (Å²) >= 11 is 1.72. The van der Waals surface area contributed by atoms with E-state index >= 15 is 0 Å². The average molecular weight is 421 g/mol. The van der Waals surface area contributed by atoms with Gasteiger partial charge in [0.25, 0.3) is 0 Å². The van der Waals surface area contributed by atoms with Crippen LogP contribution in [0.2, 0.25) is 0 Å². The van der Waals surface area contributed by atoms with Crippen molar-refractivity contribution in [2.75, 3.05) is 26.2 Å². The molecule has 1 aromatic heterocycles. The molecule has 0 aromatic carbocycles. The number of aromatic nitrogens is 1. The largest absolute Gasteiger partial charge is 0.335 e. The van der Waals surface area contributed by atoms with Crippen LogP contribution in [-0.2, 0) is 11.3 Å². The smallest absolute Gasteiger partial charge is 0.226 e. The second-order valence-corrected chi connectivity index (χ2v) is 8.59. The molecule has 3 saturated heterocycles. The lowest BCUT2D eigenvalue weighted by Gasteiger charge is -2.36. The van der Waals surface area contributed by atoms with Gasteiger partial charge in [-0.15, -0.1) is 36.2 Å². The van der Waals surface area contributed by atoms with Crippen LogP contribution in [-0.4, -0.2) is 59.0 Å². The zero-order valence-electron chi connectivity index (χ0n) is 15.4. The molecule has 8 heteroatoms. The molecule has 0 aliphatic carbocycles. The minimum absolute atomic E-state index is 0. The number of aryl methyl sites for hydroxylation is 1. The van der Waals surface area contributed by atoms with Gasteiger partial charge >= 0.3 is 0 Å².